The summed E-state index contributed by atoms with van der Waals surface area (Å²) in [4.78, 5) is 14.0. The minimum absolute atomic E-state index is 0.0985. The van der Waals surface area contributed by atoms with Gasteiger partial charge in [0.1, 0.15) is 6.10 Å². The van der Waals surface area contributed by atoms with E-state index in [1.807, 2.05) is 7.05 Å². The summed E-state index contributed by atoms with van der Waals surface area (Å²) >= 11 is 0. The minimum atomic E-state index is -0.405. The number of aliphatic hydroxyl groups is 1. The van der Waals surface area contributed by atoms with Gasteiger partial charge in [-0.2, -0.15) is 0 Å². The van der Waals surface area contributed by atoms with Crippen LogP contribution in [0.2, 0.25) is 0 Å². The molecule has 1 aliphatic heterocycles. The van der Waals surface area contributed by atoms with Crippen molar-refractivity contribution < 1.29 is 14.6 Å². The van der Waals surface area contributed by atoms with Gasteiger partial charge in [-0.15, -0.1) is 0 Å². The first-order chi connectivity index (χ1) is 8.66. The molecule has 5 nitrogen and oxygen atoms in total. The van der Waals surface area contributed by atoms with Crippen molar-refractivity contribution in [1.82, 2.24) is 10.2 Å². The largest absolute Gasteiger partial charge is 0.391 e. The average Bonchev–Trinajstić information content (AvgIpc) is 2.89. The van der Waals surface area contributed by atoms with Gasteiger partial charge in [0.25, 0.3) is 5.91 Å². The molecule has 1 amide bonds. The number of nitrogens with zero attached hydrogens (tertiary/aromatic N) is 1. The summed E-state index contributed by atoms with van der Waals surface area (Å²) in [5.41, 5.74) is 0. The zero-order chi connectivity index (χ0) is 13.0. The quantitative estimate of drug-likeness (QED) is 0.742. The molecule has 1 aliphatic carbocycles. The molecular formula is C13H24N2O3. The van der Waals surface area contributed by atoms with E-state index in [4.69, 9.17) is 4.74 Å². The van der Waals surface area contributed by atoms with Crippen LogP contribution in [-0.4, -0.2) is 61.4 Å². The summed E-state index contributed by atoms with van der Waals surface area (Å²) in [6, 6.07) is 0. The fraction of sp³-hybridized carbons (Fsp3) is 0.923. The van der Waals surface area contributed by atoms with E-state index >= 15 is 0 Å². The van der Waals surface area contributed by atoms with E-state index in [1.54, 1.807) is 0 Å². The third-order valence-corrected chi connectivity index (χ3v) is 3.99. The van der Waals surface area contributed by atoms with Crippen molar-refractivity contribution in [3.63, 3.8) is 0 Å². The summed E-state index contributed by atoms with van der Waals surface area (Å²) in [7, 11) is 1.98. The normalized spacial score (nSPS) is 28.2. The maximum atomic E-state index is 11.9. The molecule has 2 rings (SSSR count). The lowest BCUT2D eigenvalue weighted by Crippen LogP contribution is -2.50. The van der Waals surface area contributed by atoms with Gasteiger partial charge in [0.15, 0.2) is 0 Å². The van der Waals surface area contributed by atoms with Gasteiger partial charge in [-0.25, -0.2) is 0 Å². The molecule has 104 valence electrons. The van der Waals surface area contributed by atoms with Crippen molar-refractivity contribution in [3.05, 3.63) is 0 Å². The third kappa shape index (κ3) is 3.67. The number of aliphatic hydroxyl groups excluding tert-OH is 1. The summed E-state index contributed by atoms with van der Waals surface area (Å²) in [6.45, 7) is 2.45. The second kappa shape index (κ2) is 6.50. The van der Waals surface area contributed by atoms with Gasteiger partial charge in [-0.1, -0.05) is 12.8 Å². The van der Waals surface area contributed by atoms with Gasteiger partial charge in [-0.3, -0.25) is 4.79 Å². The minimum Gasteiger partial charge on any atom is -0.391 e. The van der Waals surface area contributed by atoms with E-state index in [0.29, 0.717) is 25.6 Å². The second-order valence-corrected chi connectivity index (χ2v) is 5.48. The molecule has 0 aromatic carbocycles. The van der Waals surface area contributed by atoms with Gasteiger partial charge in [0, 0.05) is 19.6 Å². The van der Waals surface area contributed by atoms with Crippen molar-refractivity contribution >= 4 is 5.91 Å². The number of morpholine rings is 1. The highest BCUT2D eigenvalue weighted by atomic mass is 16.5. The number of carbonyl (C=O) groups is 1. The summed E-state index contributed by atoms with van der Waals surface area (Å²) in [6.07, 6.45) is 3.77. The molecule has 1 saturated heterocycles. The van der Waals surface area contributed by atoms with Crippen molar-refractivity contribution in [2.45, 2.75) is 37.9 Å². The van der Waals surface area contributed by atoms with Crippen molar-refractivity contribution in [2.24, 2.45) is 5.92 Å². The van der Waals surface area contributed by atoms with E-state index < -0.39 is 6.10 Å². The van der Waals surface area contributed by atoms with Crippen LogP contribution in [0.25, 0.3) is 0 Å². The molecule has 5 heteroatoms. The molecule has 0 spiro atoms. The smallest absolute Gasteiger partial charge is 0.250 e. The van der Waals surface area contributed by atoms with Crippen LogP contribution in [0.3, 0.4) is 0 Å². The predicted octanol–water partition coefficient (Wildman–Crippen LogP) is -0.0157. The Kier molecular flexibility index (Phi) is 4.97. The first-order valence-corrected chi connectivity index (χ1v) is 6.92. The first-order valence-electron chi connectivity index (χ1n) is 6.92. The highest BCUT2D eigenvalue weighted by Gasteiger charge is 2.27. The number of hydrogen-bond donors (Lipinski definition) is 2. The second-order valence-electron chi connectivity index (χ2n) is 5.48. The van der Waals surface area contributed by atoms with Crippen LogP contribution in [0.4, 0.5) is 0 Å². The zero-order valence-electron chi connectivity index (χ0n) is 11.1. The predicted molar refractivity (Wildman–Crippen MR) is 68.2 cm³/mol. The fourth-order valence-electron chi connectivity index (χ4n) is 2.76. The molecule has 0 radical (unpaired) electrons. The fourth-order valence-corrected chi connectivity index (χ4v) is 2.76. The Morgan fingerprint density at radius 1 is 1.50 bits per heavy atom. The first kappa shape index (κ1) is 13.8. The highest BCUT2D eigenvalue weighted by Crippen LogP contribution is 2.27. The van der Waals surface area contributed by atoms with Crippen LogP contribution in [-0.2, 0) is 9.53 Å². The van der Waals surface area contributed by atoms with Crippen molar-refractivity contribution in [3.8, 4) is 0 Å². The van der Waals surface area contributed by atoms with E-state index in [0.717, 1.165) is 19.4 Å². The molecule has 0 aromatic rings. The number of nitrogens with one attached hydrogen (secondary N) is 1. The molecule has 1 saturated carbocycles. The van der Waals surface area contributed by atoms with E-state index in [1.165, 1.54) is 12.8 Å². The van der Waals surface area contributed by atoms with Crippen LogP contribution < -0.4 is 5.32 Å². The lowest BCUT2D eigenvalue weighted by molar-refractivity contribution is -0.138. The molecule has 2 fully saturated rings. The number of hydrogen-bond acceptors (Lipinski definition) is 4. The summed E-state index contributed by atoms with van der Waals surface area (Å²) < 4.78 is 5.43. The summed E-state index contributed by atoms with van der Waals surface area (Å²) in [5, 5.41) is 12.8. The Morgan fingerprint density at radius 3 is 2.89 bits per heavy atom. The van der Waals surface area contributed by atoms with E-state index in [-0.39, 0.29) is 12.0 Å². The van der Waals surface area contributed by atoms with Crippen LogP contribution in [0, 0.1) is 5.92 Å². The van der Waals surface area contributed by atoms with Crippen LogP contribution >= 0.6 is 0 Å². The Bertz CT molecular complexity index is 279. The van der Waals surface area contributed by atoms with E-state index in [2.05, 4.69) is 10.2 Å². The number of likely N-dealkylation sites (N-methyl/N-ethyl adjacent to an activating group) is 1. The topological polar surface area (TPSA) is 61.8 Å². The Hall–Kier alpha value is -0.650. The van der Waals surface area contributed by atoms with Gasteiger partial charge < -0.3 is 20.1 Å². The summed E-state index contributed by atoms with van der Waals surface area (Å²) in [5.74, 6) is 0.263. The Labute approximate surface area is 108 Å². The standard InChI is InChI=1S/C13H24N2O3/c1-15-6-7-18-12(9-15)13(17)14-8-11(16)10-4-2-3-5-10/h10-12,16H,2-9H2,1H3,(H,14,17). The third-order valence-electron chi connectivity index (χ3n) is 3.99. The average molecular weight is 256 g/mol. The van der Waals surface area contributed by atoms with Crippen LogP contribution in [0.5, 0.6) is 0 Å². The SMILES string of the molecule is CN1CCOC(C(=O)NCC(O)C2CCCC2)C1. The van der Waals surface area contributed by atoms with Crippen molar-refractivity contribution in [1.29, 1.82) is 0 Å². The lowest BCUT2D eigenvalue weighted by Gasteiger charge is -2.29. The maximum absolute atomic E-state index is 11.9. The maximum Gasteiger partial charge on any atom is 0.250 e. The number of rotatable bonds is 4. The number of ether oxygens (including phenoxy) is 1. The van der Waals surface area contributed by atoms with Crippen molar-refractivity contribution in [2.75, 3.05) is 33.3 Å². The van der Waals surface area contributed by atoms with Gasteiger partial charge in [0.05, 0.1) is 12.7 Å². The molecule has 18 heavy (non-hydrogen) atoms. The highest BCUT2D eigenvalue weighted by molar-refractivity contribution is 5.81. The zero-order valence-corrected chi connectivity index (χ0v) is 11.1. The molecule has 2 unspecified atom stereocenters. The van der Waals surface area contributed by atoms with Gasteiger partial charge >= 0.3 is 0 Å². The molecule has 1 heterocycles. The number of amides is 1. The lowest BCUT2D eigenvalue weighted by atomic mass is 10.0. The molecule has 2 atom stereocenters. The molecule has 0 bridgehead atoms. The molecular weight excluding hydrogens is 232 g/mol. The van der Waals surface area contributed by atoms with Crippen LogP contribution in [0.15, 0.2) is 0 Å². The van der Waals surface area contributed by atoms with Gasteiger partial charge in [0.2, 0.25) is 0 Å². The molecule has 2 aliphatic rings. The van der Waals surface area contributed by atoms with Crippen LogP contribution in [0.1, 0.15) is 25.7 Å². The Morgan fingerprint density at radius 2 is 2.22 bits per heavy atom. The molecule has 0 aromatic heterocycles. The monoisotopic (exact) mass is 256 g/mol. The number of carbonyl (C=O) groups excluding carboxylic acids is 1. The van der Waals surface area contributed by atoms with E-state index in [9.17, 15) is 9.90 Å². The van der Waals surface area contributed by atoms with Gasteiger partial charge in [-0.05, 0) is 25.8 Å². The Balaban J connectivity index is 1.70. The molecule has 2 N–H and O–H groups in total.